The van der Waals surface area contributed by atoms with E-state index in [2.05, 4.69) is 26.0 Å². The number of carboxylic acid groups (broad SMARTS) is 1. The Morgan fingerprint density at radius 3 is 3.00 bits per heavy atom. The summed E-state index contributed by atoms with van der Waals surface area (Å²) >= 11 is 3.20. The van der Waals surface area contributed by atoms with Crippen LogP contribution < -0.4 is 0 Å². The van der Waals surface area contributed by atoms with Crippen molar-refractivity contribution in [2.24, 2.45) is 5.11 Å². The van der Waals surface area contributed by atoms with E-state index in [-0.39, 0.29) is 12.1 Å². The van der Waals surface area contributed by atoms with Gasteiger partial charge in [-0.25, -0.2) is 4.79 Å². The fourth-order valence-electron chi connectivity index (χ4n) is 1.12. The van der Waals surface area contributed by atoms with Gasteiger partial charge in [0.1, 0.15) is 0 Å². The maximum absolute atomic E-state index is 10.9. The van der Waals surface area contributed by atoms with Crippen molar-refractivity contribution in [1.82, 2.24) is 0 Å². The molecule has 0 bridgehead atoms. The highest BCUT2D eigenvalue weighted by Crippen LogP contribution is 2.18. The minimum atomic E-state index is -0.996. The molecule has 5 nitrogen and oxygen atoms in total. The van der Waals surface area contributed by atoms with Crippen molar-refractivity contribution in [3.63, 3.8) is 0 Å². The maximum atomic E-state index is 10.9. The SMILES string of the molecule is [N-]=[N+]=NCC=Cc1ccc(Br)cc1C(=O)O. The molecule has 1 aromatic rings. The largest absolute Gasteiger partial charge is 0.478 e. The van der Waals surface area contributed by atoms with Crippen molar-refractivity contribution in [3.8, 4) is 0 Å². The van der Waals surface area contributed by atoms with Crippen molar-refractivity contribution < 1.29 is 9.90 Å². The van der Waals surface area contributed by atoms with Crippen LogP contribution >= 0.6 is 15.9 Å². The molecule has 0 fully saturated rings. The van der Waals surface area contributed by atoms with Gasteiger partial charge in [-0.3, -0.25) is 0 Å². The average molecular weight is 282 g/mol. The Balaban J connectivity index is 2.99. The van der Waals surface area contributed by atoms with Crippen molar-refractivity contribution in [3.05, 3.63) is 50.3 Å². The quantitative estimate of drug-likeness (QED) is 0.520. The molecule has 0 radical (unpaired) electrons. The Morgan fingerprint density at radius 2 is 2.38 bits per heavy atom. The first kappa shape index (κ1) is 12.3. The Hall–Kier alpha value is -1.78. The van der Waals surface area contributed by atoms with Crippen molar-refractivity contribution in [1.29, 1.82) is 0 Å². The third kappa shape index (κ3) is 3.42. The molecule has 16 heavy (non-hydrogen) atoms. The second-order valence-electron chi connectivity index (χ2n) is 2.85. The second kappa shape index (κ2) is 5.95. The molecule has 0 saturated heterocycles. The van der Waals surface area contributed by atoms with E-state index in [1.165, 1.54) is 6.07 Å². The lowest BCUT2D eigenvalue weighted by Crippen LogP contribution is -1.99. The molecule has 0 amide bonds. The number of halogens is 1. The van der Waals surface area contributed by atoms with Crippen molar-refractivity contribution >= 4 is 28.0 Å². The summed E-state index contributed by atoms with van der Waals surface area (Å²) in [5.74, 6) is -0.996. The highest BCUT2D eigenvalue weighted by atomic mass is 79.9. The number of carboxylic acids is 1. The van der Waals surface area contributed by atoms with Crippen LogP contribution in [-0.4, -0.2) is 17.6 Å². The third-order valence-electron chi connectivity index (χ3n) is 1.79. The summed E-state index contributed by atoms with van der Waals surface area (Å²) < 4.78 is 0.706. The highest BCUT2D eigenvalue weighted by molar-refractivity contribution is 9.10. The summed E-state index contributed by atoms with van der Waals surface area (Å²) in [7, 11) is 0. The van der Waals surface area contributed by atoms with E-state index in [4.69, 9.17) is 10.6 Å². The Bertz CT molecular complexity index is 479. The van der Waals surface area contributed by atoms with Crippen LogP contribution in [0, 0.1) is 0 Å². The molecular weight excluding hydrogens is 274 g/mol. The van der Waals surface area contributed by atoms with Crippen LogP contribution in [0.4, 0.5) is 0 Å². The smallest absolute Gasteiger partial charge is 0.336 e. The average Bonchev–Trinajstić information content (AvgIpc) is 2.26. The number of hydrogen-bond acceptors (Lipinski definition) is 2. The lowest BCUT2D eigenvalue weighted by molar-refractivity contribution is 0.0696. The van der Waals surface area contributed by atoms with Crippen LogP contribution in [0.1, 0.15) is 15.9 Å². The zero-order chi connectivity index (χ0) is 12.0. The predicted octanol–water partition coefficient (Wildman–Crippen LogP) is 3.47. The maximum Gasteiger partial charge on any atom is 0.336 e. The Labute approximate surface area is 100 Å². The molecule has 82 valence electrons. The number of carbonyl (C=O) groups is 1. The van der Waals surface area contributed by atoms with Crippen LogP contribution in [0.2, 0.25) is 0 Å². The molecule has 0 spiro atoms. The zero-order valence-electron chi connectivity index (χ0n) is 8.17. The van der Waals surface area contributed by atoms with Gasteiger partial charge < -0.3 is 5.11 Å². The number of rotatable bonds is 4. The van der Waals surface area contributed by atoms with E-state index in [9.17, 15) is 4.79 Å². The van der Waals surface area contributed by atoms with Crippen LogP contribution in [0.5, 0.6) is 0 Å². The van der Waals surface area contributed by atoms with Crippen LogP contribution in [0.3, 0.4) is 0 Å². The Kier molecular flexibility index (Phi) is 4.57. The van der Waals surface area contributed by atoms with Gasteiger partial charge in [0.05, 0.1) is 5.56 Å². The molecule has 1 aromatic carbocycles. The van der Waals surface area contributed by atoms with E-state index >= 15 is 0 Å². The lowest BCUT2D eigenvalue weighted by Gasteiger charge is -2.01. The van der Waals surface area contributed by atoms with E-state index in [0.29, 0.717) is 10.0 Å². The summed E-state index contributed by atoms with van der Waals surface area (Å²) in [5.41, 5.74) is 8.84. The first-order valence-corrected chi connectivity index (χ1v) is 5.14. The molecule has 6 heteroatoms. The molecule has 0 atom stereocenters. The molecule has 1 rings (SSSR count). The van der Waals surface area contributed by atoms with Gasteiger partial charge in [-0.2, -0.15) is 0 Å². The summed E-state index contributed by atoms with van der Waals surface area (Å²) in [4.78, 5) is 13.5. The minimum Gasteiger partial charge on any atom is -0.478 e. The molecule has 0 aliphatic rings. The molecule has 0 aliphatic carbocycles. The third-order valence-corrected chi connectivity index (χ3v) is 2.29. The molecule has 0 unspecified atom stereocenters. The number of azide groups is 1. The normalized spacial score (nSPS) is 10.1. The zero-order valence-corrected chi connectivity index (χ0v) is 9.75. The minimum absolute atomic E-state index is 0.200. The van der Waals surface area contributed by atoms with E-state index in [1.54, 1.807) is 24.3 Å². The van der Waals surface area contributed by atoms with Gasteiger partial charge in [0.25, 0.3) is 0 Å². The highest BCUT2D eigenvalue weighted by Gasteiger charge is 2.07. The molecule has 0 saturated carbocycles. The molecule has 1 N–H and O–H groups in total. The van der Waals surface area contributed by atoms with Crippen LogP contribution in [0.15, 0.2) is 33.9 Å². The Morgan fingerprint density at radius 1 is 1.62 bits per heavy atom. The van der Waals surface area contributed by atoms with Crippen molar-refractivity contribution in [2.45, 2.75) is 0 Å². The molecule has 0 aromatic heterocycles. The number of benzene rings is 1. The van der Waals surface area contributed by atoms with E-state index < -0.39 is 5.97 Å². The first-order chi connectivity index (χ1) is 7.65. The lowest BCUT2D eigenvalue weighted by atomic mass is 10.1. The van der Waals surface area contributed by atoms with E-state index in [0.717, 1.165) is 0 Å². The molecule has 0 aliphatic heterocycles. The molecular formula is C10H8BrN3O2. The summed E-state index contributed by atoms with van der Waals surface area (Å²) in [6.07, 6.45) is 3.22. The summed E-state index contributed by atoms with van der Waals surface area (Å²) in [6.45, 7) is 0.200. The summed E-state index contributed by atoms with van der Waals surface area (Å²) in [5, 5.41) is 12.3. The monoisotopic (exact) mass is 281 g/mol. The fraction of sp³-hybridized carbons (Fsp3) is 0.100. The number of aromatic carboxylic acids is 1. The predicted molar refractivity (Wildman–Crippen MR) is 64.1 cm³/mol. The second-order valence-corrected chi connectivity index (χ2v) is 3.77. The fourth-order valence-corrected chi connectivity index (χ4v) is 1.48. The first-order valence-electron chi connectivity index (χ1n) is 4.35. The summed E-state index contributed by atoms with van der Waals surface area (Å²) in [6, 6.07) is 4.95. The van der Waals surface area contributed by atoms with Crippen LogP contribution in [-0.2, 0) is 0 Å². The molecule has 0 heterocycles. The van der Waals surface area contributed by atoms with Gasteiger partial charge in [-0.05, 0) is 23.2 Å². The van der Waals surface area contributed by atoms with Gasteiger partial charge >= 0.3 is 5.97 Å². The van der Waals surface area contributed by atoms with Crippen molar-refractivity contribution in [2.75, 3.05) is 6.54 Å². The van der Waals surface area contributed by atoms with Gasteiger partial charge in [0.2, 0.25) is 0 Å². The number of hydrogen-bond donors (Lipinski definition) is 1. The van der Waals surface area contributed by atoms with Gasteiger partial charge in [0, 0.05) is 15.9 Å². The van der Waals surface area contributed by atoms with Crippen LogP contribution in [0.25, 0.3) is 16.5 Å². The topological polar surface area (TPSA) is 86.1 Å². The number of nitrogens with zero attached hydrogens (tertiary/aromatic N) is 3. The standard InChI is InChI=1S/C10H8BrN3O2/c11-8-4-3-7(2-1-5-13-14-12)9(6-8)10(15)16/h1-4,6H,5H2,(H,15,16). The van der Waals surface area contributed by atoms with Gasteiger partial charge in [-0.15, -0.1) is 0 Å². The van der Waals surface area contributed by atoms with E-state index in [1.807, 2.05) is 0 Å². The van der Waals surface area contributed by atoms with Gasteiger partial charge in [0.15, 0.2) is 0 Å². The van der Waals surface area contributed by atoms with Gasteiger partial charge in [-0.1, -0.05) is 39.3 Å².